The number of unbranched alkanes of at least 4 members (excludes halogenated alkanes) is 5. The van der Waals surface area contributed by atoms with E-state index in [9.17, 15) is 62.3 Å². The molecule has 54 heteroatoms. The number of hydrogen-bond donors (Lipinski definition) is 18. The predicted octanol–water partition coefficient (Wildman–Crippen LogP) is 8.74. The first-order valence-electron chi connectivity index (χ1n) is 41.9. The quantitative estimate of drug-likeness (QED) is 0.0236. The number of nitrogens with zero attached hydrogens (tertiary/aromatic N) is 4. The molecule has 0 radical (unpaired) electrons. The van der Waals surface area contributed by atoms with Crippen LogP contribution in [0.15, 0.2) is 78.9 Å². The normalized spacial score (nSPS) is 18.8. The number of hydrogen-bond acceptors (Lipinski definition) is 24. The van der Waals surface area contributed by atoms with Gasteiger partial charge in [-0.15, -0.1) is 0 Å². The van der Waals surface area contributed by atoms with Crippen LogP contribution < -0.4 is 10.6 Å². The fourth-order valence-corrected chi connectivity index (χ4v) is 10.8. The van der Waals surface area contributed by atoms with Gasteiger partial charge in [-0.3, -0.25) is 81.9 Å². The fraction of sp³-hybridized carbons (Fsp3) is 0.517. The molecular formula is C87H128N10O40Pt4. The number of amides is 10. The number of imide groups is 4. The maximum absolute atomic E-state index is 11.1. The smallest absolute Gasteiger partial charge is 0.677 e. The number of carbonyl (C=O) groups excluding carboxylic acids is 8. The zero-order valence-corrected chi connectivity index (χ0v) is 86.9. The largest absolute Gasteiger partial charge is 2.00 e. The van der Waals surface area contributed by atoms with Crippen LogP contribution in [0.2, 0.25) is 0 Å². The second-order valence-corrected chi connectivity index (χ2v) is 29.8. The summed E-state index contributed by atoms with van der Waals surface area (Å²) < 4.78 is 0. The minimum absolute atomic E-state index is 0. The molecule has 0 bridgehead atoms. The van der Waals surface area contributed by atoms with Crippen LogP contribution in [0.1, 0.15) is 199 Å². The Hall–Kier alpha value is -11.5. The van der Waals surface area contributed by atoms with E-state index in [2.05, 4.69) is 52.2 Å². The van der Waals surface area contributed by atoms with Crippen LogP contribution in [0.3, 0.4) is 0 Å². The fourth-order valence-electron chi connectivity index (χ4n) is 10.8. The van der Waals surface area contributed by atoms with E-state index in [1.807, 2.05) is 0 Å². The molecule has 50 nitrogen and oxygen atoms in total. The van der Waals surface area contributed by atoms with Crippen LogP contribution in [0.25, 0.3) is 22.9 Å². The first-order valence-corrected chi connectivity index (χ1v) is 41.9. The molecule has 1 aromatic carbocycles. The first kappa shape index (κ1) is 152. The standard InChI is InChI=1S/C11H15NO4.C10H14N2O4.C8H9NO4.2C8H15N.C7H8N2O4.2C7H13N.C7H6O2.4C2H2O4.3C2H4O2.4Pt/c13-9-6-7-10(14)12(9)8-4-2-1-3-5-11(15)16;13-8-4-5-9(14)12(8)7-3-1-2-6-11-10(15)16;10-6-3-4-7(11)9(6)5-1-2-8(12)13;2*1-6-3-4-7(2)8(9)5-6;10-5-1-2-6(11)9(5)4-3-8-7(12)13;2*1-6-4-2-3-5-7(6)8;8-7(9)6-4-2-1-3-5-6;4*3-1(4)2(5)6;3*1-2(3)4;;;;/h6-7H,1-5,8H2,(H,15,16);4-5,11H,1-3,6-7H2,(H,15,16);3-4H,1-2,5H2,(H,12,13);2*6-9H,2-5H2,1H3;1-2,8H,3-4H2,(H,12,13);2*6-8H,1-5H2;1-5H,(H,8,9);4*(H,3,4)(H,5,6);3*1H3,(H,3,4);;;;/q;;;2*-2;;2*-2;;;;;;;;;4*+2/t;;;2*6-,7-,8-;;2*6-,7-;;;;;;;;;;;;/m...11.11............/s1. The summed E-state index contributed by atoms with van der Waals surface area (Å²) in [5, 5.41) is 127. The molecule has 0 saturated heterocycles. The third-order valence-electron chi connectivity index (χ3n) is 17.9. The third-order valence-corrected chi connectivity index (χ3v) is 17.9. The van der Waals surface area contributed by atoms with Crippen molar-refractivity contribution in [2.75, 3.05) is 39.3 Å². The Labute approximate surface area is 871 Å². The third kappa shape index (κ3) is 95.8. The van der Waals surface area contributed by atoms with E-state index in [4.69, 9.17) is 157 Å². The van der Waals surface area contributed by atoms with Gasteiger partial charge in [0.1, 0.15) is 0 Å². The van der Waals surface area contributed by atoms with Gasteiger partial charge < -0.3 is 143 Å². The van der Waals surface area contributed by atoms with E-state index in [1.165, 1.54) is 97.6 Å². The van der Waals surface area contributed by atoms with E-state index in [1.54, 1.807) is 30.3 Å². The summed E-state index contributed by atoms with van der Waals surface area (Å²) in [4.78, 5) is 243. The van der Waals surface area contributed by atoms with Crippen molar-refractivity contribution < 1.29 is 281 Å². The van der Waals surface area contributed by atoms with Crippen LogP contribution in [-0.2, 0) is 185 Å². The van der Waals surface area contributed by atoms with Gasteiger partial charge >= 0.3 is 162 Å². The summed E-state index contributed by atoms with van der Waals surface area (Å²) in [6.45, 7) is 24.9. The van der Waals surface area contributed by atoms with Crippen LogP contribution in [0.5, 0.6) is 0 Å². The Morgan fingerprint density at radius 3 is 0.745 bits per heavy atom. The van der Waals surface area contributed by atoms with Crippen LogP contribution >= 0.6 is 0 Å². The molecule has 4 aliphatic heterocycles. The van der Waals surface area contributed by atoms with Gasteiger partial charge in [-0.05, 0) is 62.5 Å². The molecule has 4 saturated carbocycles. The maximum Gasteiger partial charge on any atom is 2.00 e. The molecule has 0 spiro atoms. The van der Waals surface area contributed by atoms with Gasteiger partial charge in [-0.2, -0.15) is 47.8 Å². The molecule has 806 valence electrons. The Kier molecular flexibility index (Phi) is 99.5. The van der Waals surface area contributed by atoms with Gasteiger partial charge in [0.2, 0.25) is 0 Å². The second-order valence-electron chi connectivity index (χ2n) is 29.8. The number of carboxylic acid groups (broad SMARTS) is 16. The number of carboxylic acids is 14. The zero-order valence-electron chi connectivity index (χ0n) is 77.8. The van der Waals surface area contributed by atoms with Crippen molar-refractivity contribution in [3.05, 3.63) is 135 Å². The summed E-state index contributed by atoms with van der Waals surface area (Å²) in [6.07, 6.45) is 29.8. The van der Waals surface area contributed by atoms with Crippen LogP contribution in [0, 0.1) is 63.2 Å². The molecular weight excluding hydrogens is 2610 g/mol. The molecule has 4 heterocycles. The molecule has 22 N–H and O–H groups in total. The van der Waals surface area contributed by atoms with Crippen LogP contribution in [0.4, 0.5) is 9.59 Å². The number of aliphatic carboxylic acids is 13. The Bertz CT molecular complexity index is 3720. The van der Waals surface area contributed by atoms with Gasteiger partial charge in [0.15, 0.2) is 0 Å². The number of nitrogens with one attached hydrogen (secondary N) is 6. The number of rotatable bonds is 21. The summed E-state index contributed by atoms with van der Waals surface area (Å²) >= 11 is 0. The molecule has 4 fully saturated rings. The molecule has 0 unspecified atom stereocenters. The van der Waals surface area contributed by atoms with E-state index >= 15 is 0 Å². The SMILES string of the molecule is CC(=O)O.CC(=O)O.CC(=O)O.O=C(O)C(=O)O.O=C(O)C(=O)O.O=C(O)C(=O)O.O=C(O)C(=O)O.O=C(O)CCCCCCN1C(=O)C=CC1=O.O=C(O)CCCN1C(=O)C=CC1=O.O=C(O)NCCCCCN1C(=O)C=CC1=O.O=C(O)NCCN1C(=O)C=CC1=O.O=C(O)c1ccccc1.[CH2-][C@@H]1CCCC[C@H]1[NH-].[CH2-][C@@H]1CCCC[C@H]1[NH-].[CH2-][C@@H]1CC[C@@H](C)C[C@H]1[NH-].[CH2-][C@@H]1CC[C@@H](C)C[C@H]1[NH-].[Pt+2].[Pt+2].[Pt+2].[Pt+2]. The van der Waals surface area contributed by atoms with Crippen molar-refractivity contribution in [1.82, 2.24) is 30.2 Å². The summed E-state index contributed by atoms with van der Waals surface area (Å²) in [5.74, 6) is -19.1. The van der Waals surface area contributed by atoms with Crippen molar-refractivity contribution in [3.63, 3.8) is 0 Å². The summed E-state index contributed by atoms with van der Waals surface area (Å²) in [5.41, 5.74) is 30.3. The molecule has 141 heavy (non-hydrogen) atoms. The van der Waals surface area contributed by atoms with Crippen molar-refractivity contribution in [2.45, 2.75) is 213 Å². The minimum atomic E-state index is -1.82. The molecule has 4 aliphatic carbocycles. The summed E-state index contributed by atoms with van der Waals surface area (Å²) in [7, 11) is 0. The topological polar surface area (TPSA) is 866 Å². The van der Waals surface area contributed by atoms with Crippen molar-refractivity contribution in [3.8, 4) is 0 Å². The maximum atomic E-state index is 11.1. The molecule has 8 aliphatic rings. The van der Waals surface area contributed by atoms with Gasteiger partial charge in [0.05, 0.1) is 5.56 Å². The van der Waals surface area contributed by atoms with Gasteiger partial charge in [-0.25, -0.2) is 52.7 Å². The number of carbonyl (C=O) groups is 24. The monoisotopic (exact) mass is 2730 g/mol. The molecule has 10 amide bonds. The Balaban J connectivity index is -0.000000144. The Morgan fingerprint density at radius 2 is 0.532 bits per heavy atom. The Morgan fingerprint density at radius 1 is 0.305 bits per heavy atom. The number of aromatic carboxylic acids is 1. The average Bonchev–Trinajstić information content (AvgIpc) is 1.75. The number of benzene rings is 1. The van der Waals surface area contributed by atoms with E-state index in [-0.39, 0.29) is 176 Å². The zero-order chi connectivity index (χ0) is 107. The molecule has 9 rings (SSSR count). The molecule has 10 atom stereocenters. The predicted molar refractivity (Wildman–Crippen MR) is 482 cm³/mol. The summed E-state index contributed by atoms with van der Waals surface area (Å²) in [6, 6.07) is 8.82. The van der Waals surface area contributed by atoms with E-state index in [0.29, 0.717) is 74.6 Å². The van der Waals surface area contributed by atoms with E-state index in [0.717, 1.165) is 119 Å². The van der Waals surface area contributed by atoms with Gasteiger partial charge in [0.25, 0.3) is 65.2 Å². The second kappa shape index (κ2) is 92.2. The van der Waals surface area contributed by atoms with Gasteiger partial charge in [-0.1, -0.05) is 135 Å². The minimum Gasteiger partial charge on any atom is -0.677 e. The average molecular weight is 2730 g/mol. The van der Waals surface area contributed by atoms with Crippen molar-refractivity contribution in [1.29, 1.82) is 0 Å². The van der Waals surface area contributed by atoms with Gasteiger partial charge in [0, 0.05) is 121 Å². The first-order chi connectivity index (χ1) is 63.5. The van der Waals surface area contributed by atoms with Crippen molar-refractivity contribution >= 4 is 143 Å². The van der Waals surface area contributed by atoms with Crippen LogP contribution in [-0.4, -0.2) is 308 Å². The van der Waals surface area contributed by atoms with E-state index < -0.39 is 108 Å². The molecule has 0 aromatic heterocycles. The van der Waals surface area contributed by atoms with Crippen molar-refractivity contribution in [2.24, 2.45) is 35.5 Å². The molecule has 1 aromatic rings.